The molecule has 1 saturated carbocycles. The average molecular weight is 272 g/mol. The maximum Gasteiger partial charge on any atom is 0.328 e. The average Bonchev–Trinajstić information content (AvgIpc) is 3.19. The van der Waals surface area contributed by atoms with Gasteiger partial charge in [-0.15, -0.1) is 0 Å². The maximum absolute atomic E-state index is 12.0. The molecule has 0 saturated heterocycles. The fourth-order valence-corrected chi connectivity index (χ4v) is 2.13. The second-order valence-corrected chi connectivity index (χ2v) is 4.98. The van der Waals surface area contributed by atoms with Crippen LogP contribution in [0.3, 0.4) is 0 Å². The lowest BCUT2D eigenvalue weighted by molar-refractivity contribution is -0.116. The normalized spacial score (nSPS) is 14.2. The minimum atomic E-state index is -0.265. The van der Waals surface area contributed by atoms with E-state index in [4.69, 9.17) is 5.73 Å². The Hall–Kier alpha value is -2.50. The summed E-state index contributed by atoms with van der Waals surface area (Å²) in [6, 6.07) is 7.35. The van der Waals surface area contributed by atoms with Gasteiger partial charge in [0.1, 0.15) is 6.54 Å². The number of para-hydroxylation sites is 2. The molecule has 0 atom stereocenters. The lowest BCUT2D eigenvalue weighted by Gasteiger charge is -2.07. The van der Waals surface area contributed by atoms with Gasteiger partial charge in [0.25, 0.3) is 0 Å². The third-order valence-corrected chi connectivity index (χ3v) is 3.36. The van der Waals surface area contributed by atoms with Crippen LogP contribution < -0.4 is 16.7 Å². The second kappa shape index (κ2) is 4.88. The lowest BCUT2D eigenvalue weighted by atomic mass is 10.2. The van der Waals surface area contributed by atoms with Gasteiger partial charge in [-0.1, -0.05) is 12.1 Å². The van der Waals surface area contributed by atoms with Crippen molar-refractivity contribution in [3.8, 4) is 0 Å². The van der Waals surface area contributed by atoms with Gasteiger partial charge in [-0.2, -0.15) is 0 Å². The zero-order valence-corrected chi connectivity index (χ0v) is 11.0. The van der Waals surface area contributed by atoms with Gasteiger partial charge in [0.05, 0.1) is 11.4 Å². The Morgan fingerprint density at radius 2 is 2.05 bits per heavy atom. The van der Waals surface area contributed by atoms with E-state index < -0.39 is 0 Å². The summed E-state index contributed by atoms with van der Waals surface area (Å²) in [6.45, 7) is -0.00706. The van der Waals surface area contributed by atoms with Gasteiger partial charge in [-0.05, 0) is 25.0 Å². The van der Waals surface area contributed by atoms with Gasteiger partial charge < -0.3 is 11.1 Å². The van der Waals surface area contributed by atoms with E-state index in [1.165, 1.54) is 4.57 Å². The predicted octanol–water partition coefficient (Wildman–Crippen LogP) is 1.21. The summed E-state index contributed by atoms with van der Waals surface area (Å²) in [5.74, 6) is -0.265. The molecule has 1 aromatic carbocycles. The first-order valence-corrected chi connectivity index (χ1v) is 6.57. The summed E-state index contributed by atoms with van der Waals surface area (Å²) >= 11 is 0. The minimum Gasteiger partial charge on any atom is -0.397 e. The molecular weight excluding hydrogens is 256 g/mol. The van der Waals surface area contributed by atoms with Gasteiger partial charge in [0.2, 0.25) is 5.91 Å². The number of hydrogen-bond acceptors (Lipinski definition) is 3. The van der Waals surface area contributed by atoms with E-state index in [9.17, 15) is 9.59 Å². The highest BCUT2D eigenvalue weighted by atomic mass is 16.2. The molecule has 6 heteroatoms. The zero-order chi connectivity index (χ0) is 14.1. The predicted molar refractivity (Wildman–Crippen MR) is 76.4 cm³/mol. The van der Waals surface area contributed by atoms with E-state index in [2.05, 4.69) is 5.32 Å². The summed E-state index contributed by atoms with van der Waals surface area (Å²) in [7, 11) is 0. The number of aromatic nitrogens is 2. The zero-order valence-electron chi connectivity index (χ0n) is 11.0. The SMILES string of the molecule is Nc1ccccc1NC(=O)Cn1ccn(C2CC2)c1=O. The first-order valence-electron chi connectivity index (χ1n) is 6.57. The van der Waals surface area contributed by atoms with Crippen LogP contribution in [0.1, 0.15) is 18.9 Å². The molecule has 0 radical (unpaired) electrons. The molecular formula is C14H16N4O2. The smallest absolute Gasteiger partial charge is 0.328 e. The van der Waals surface area contributed by atoms with Crippen molar-refractivity contribution in [2.45, 2.75) is 25.4 Å². The van der Waals surface area contributed by atoms with Crippen molar-refractivity contribution in [3.05, 3.63) is 47.1 Å². The third kappa shape index (κ3) is 2.45. The summed E-state index contributed by atoms with van der Waals surface area (Å²) in [5.41, 5.74) is 6.69. The van der Waals surface area contributed by atoms with Crippen LogP contribution in [0.25, 0.3) is 0 Å². The van der Waals surface area contributed by atoms with Crippen LogP contribution in [-0.2, 0) is 11.3 Å². The Balaban J connectivity index is 1.70. The molecule has 1 heterocycles. The minimum absolute atomic E-state index is 0.00706. The van der Waals surface area contributed by atoms with Gasteiger partial charge >= 0.3 is 5.69 Å². The van der Waals surface area contributed by atoms with Gasteiger partial charge in [0.15, 0.2) is 0 Å². The first kappa shape index (κ1) is 12.5. The molecule has 6 nitrogen and oxygen atoms in total. The molecule has 3 N–H and O–H groups in total. The standard InChI is InChI=1S/C14H16N4O2/c15-11-3-1-2-4-12(11)16-13(19)9-17-7-8-18(14(17)20)10-5-6-10/h1-4,7-8,10H,5-6,9,15H2,(H,16,19). The van der Waals surface area contributed by atoms with Crippen molar-refractivity contribution < 1.29 is 4.79 Å². The summed E-state index contributed by atoms with van der Waals surface area (Å²) in [6.07, 6.45) is 5.46. The Morgan fingerprint density at radius 1 is 1.30 bits per heavy atom. The lowest BCUT2D eigenvalue weighted by Crippen LogP contribution is -2.29. The van der Waals surface area contributed by atoms with Crippen LogP contribution in [0.15, 0.2) is 41.5 Å². The second-order valence-electron chi connectivity index (χ2n) is 4.98. The van der Waals surface area contributed by atoms with Crippen LogP contribution in [0.5, 0.6) is 0 Å². The van der Waals surface area contributed by atoms with Crippen molar-refractivity contribution in [2.24, 2.45) is 0 Å². The Morgan fingerprint density at radius 3 is 2.75 bits per heavy atom. The van der Waals surface area contributed by atoms with Crippen LogP contribution in [0.4, 0.5) is 11.4 Å². The summed E-state index contributed by atoms with van der Waals surface area (Å²) in [5, 5.41) is 2.71. The van der Waals surface area contributed by atoms with E-state index >= 15 is 0 Å². The molecule has 1 amide bonds. The van der Waals surface area contributed by atoms with E-state index in [1.54, 1.807) is 41.2 Å². The number of imidazole rings is 1. The molecule has 0 unspecified atom stereocenters. The summed E-state index contributed by atoms with van der Waals surface area (Å²) < 4.78 is 3.09. The fraction of sp³-hybridized carbons (Fsp3) is 0.286. The highest BCUT2D eigenvalue weighted by Gasteiger charge is 2.25. The summed E-state index contributed by atoms with van der Waals surface area (Å²) in [4.78, 5) is 24.0. The van der Waals surface area contributed by atoms with Crippen LogP contribution in [0.2, 0.25) is 0 Å². The Kier molecular flexibility index (Phi) is 3.06. The largest absolute Gasteiger partial charge is 0.397 e. The van der Waals surface area contributed by atoms with Crippen molar-refractivity contribution in [2.75, 3.05) is 11.1 Å². The van der Waals surface area contributed by atoms with Gasteiger partial charge in [-0.3, -0.25) is 13.9 Å². The topological polar surface area (TPSA) is 82.0 Å². The number of benzene rings is 1. The molecule has 20 heavy (non-hydrogen) atoms. The van der Waals surface area contributed by atoms with Gasteiger partial charge in [0, 0.05) is 18.4 Å². The highest BCUT2D eigenvalue weighted by Crippen LogP contribution is 2.33. The Bertz CT molecular complexity index is 697. The van der Waals surface area contributed by atoms with Crippen LogP contribution >= 0.6 is 0 Å². The van der Waals surface area contributed by atoms with Crippen LogP contribution in [-0.4, -0.2) is 15.0 Å². The molecule has 1 aliphatic rings. The fourth-order valence-electron chi connectivity index (χ4n) is 2.13. The molecule has 3 rings (SSSR count). The van der Waals surface area contributed by atoms with Gasteiger partial charge in [-0.25, -0.2) is 4.79 Å². The molecule has 1 aliphatic carbocycles. The first-order chi connectivity index (χ1) is 9.65. The number of carbonyl (C=O) groups is 1. The van der Waals surface area contributed by atoms with Crippen LogP contribution in [0, 0.1) is 0 Å². The third-order valence-electron chi connectivity index (χ3n) is 3.36. The number of anilines is 2. The molecule has 0 aliphatic heterocycles. The van der Waals surface area contributed by atoms with Crippen molar-refractivity contribution >= 4 is 17.3 Å². The van der Waals surface area contributed by atoms with Crippen molar-refractivity contribution in [1.29, 1.82) is 0 Å². The van der Waals surface area contributed by atoms with E-state index in [-0.39, 0.29) is 18.1 Å². The number of nitrogens with two attached hydrogens (primary N) is 1. The highest BCUT2D eigenvalue weighted by molar-refractivity contribution is 5.93. The number of nitrogen functional groups attached to an aromatic ring is 1. The molecule has 0 bridgehead atoms. The van der Waals surface area contributed by atoms with E-state index in [1.807, 2.05) is 0 Å². The molecule has 1 fully saturated rings. The molecule has 2 aromatic rings. The number of nitrogens with zero attached hydrogens (tertiary/aromatic N) is 2. The molecule has 0 spiro atoms. The quantitative estimate of drug-likeness (QED) is 0.821. The van der Waals surface area contributed by atoms with Crippen molar-refractivity contribution in [1.82, 2.24) is 9.13 Å². The number of carbonyl (C=O) groups excluding carboxylic acids is 1. The maximum atomic E-state index is 12.0. The molecule has 1 aromatic heterocycles. The van der Waals surface area contributed by atoms with E-state index in [0.29, 0.717) is 17.4 Å². The number of nitrogens with one attached hydrogen (secondary N) is 1. The number of hydrogen-bond donors (Lipinski definition) is 2. The monoisotopic (exact) mass is 272 g/mol. The number of amides is 1. The van der Waals surface area contributed by atoms with Crippen molar-refractivity contribution in [3.63, 3.8) is 0 Å². The van der Waals surface area contributed by atoms with E-state index in [0.717, 1.165) is 12.8 Å². The Labute approximate surface area is 115 Å². The molecule has 104 valence electrons. The number of rotatable bonds is 4.